The summed E-state index contributed by atoms with van der Waals surface area (Å²) < 4.78 is 0. The van der Waals surface area contributed by atoms with E-state index < -0.39 is 0 Å². The molecular formula is C22H30N2OS. The minimum absolute atomic E-state index is 0.233. The number of hydrogen-bond acceptors (Lipinski definition) is 3. The van der Waals surface area contributed by atoms with Crippen molar-refractivity contribution < 1.29 is 4.79 Å². The van der Waals surface area contributed by atoms with Crippen molar-refractivity contribution in [1.82, 2.24) is 10.2 Å². The first kappa shape index (κ1) is 19.1. The van der Waals surface area contributed by atoms with E-state index in [0.29, 0.717) is 6.54 Å². The highest BCUT2D eigenvalue weighted by molar-refractivity contribution is 7.10. The molecule has 1 aromatic carbocycles. The van der Waals surface area contributed by atoms with Crippen LogP contribution in [0.4, 0.5) is 0 Å². The zero-order valence-electron chi connectivity index (χ0n) is 15.9. The average Bonchev–Trinajstić information content (AvgIpc) is 3.17. The minimum atomic E-state index is -0.244. The molecule has 2 aromatic rings. The maximum atomic E-state index is 13.3. The Morgan fingerprint density at radius 1 is 1.12 bits per heavy atom. The molecule has 1 aromatic heterocycles. The predicted molar refractivity (Wildman–Crippen MR) is 109 cm³/mol. The van der Waals surface area contributed by atoms with Crippen molar-refractivity contribution in [2.75, 3.05) is 20.6 Å². The number of carbonyl (C=O) groups is 1. The van der Waals surface area contributed by atoms with Crippen LogP contribution in [0.2, 0.25) is 0 Å². The van der Waals surface area contributed by atoms with E-state index >= 15 is 0 Å². The highest BCUT2D eigenvalue weighted by atomic mass is 32.1. The first-order chi connectivity index (χ1) is 12.6. The van der Waals surface area contributed by atoms with Crippen molar-refractivity contribution in [2.45, 2.75) is 44.6 Å². The summed E-state index contributed by atoms with van der Waals surface area (Å²) in [5.41, 5.74) is 1.03. The van der Waals surface area contributed by atoms with Crippen LogP contribution in [0.5, 0.6) is 0 Å². The highest BCUT2D eigenvalue weighted by Crippen LogP contribution is 2.39. The van der Waals surface area contributed by atoms with Crippen molar-refractivity contribution in [3.05, 3.63) is 58.3 Å². The number of nitrogens with one attached hydrogen (secondary N) is 1. The molecule has 1 amide bonds. The summed E-state index contributed by atoms with van der Waals surface area (Å²) in [6, 6.07) is 15.0. The molecule has 1 aliphatic carbocycles. The smallest absolute Gasteiger partial charge is 0.226 e. The molecule has 0 saturated heterocycles. The lowest BCUT2D eigenvalue weighted by atomic mass is 9.69. The quantitative estimate of drug-likeness (QED) is 0.769. The van der Waals surface area contributed by atoms with E-state index in [-0.39, 0.29) is 17.4 Å². The predicted octanol–water partition coefficient (Wildman–Crippen LogP) is 4.66. The number of likely N-dealkylation sites (N-methyl/N-ethyl adjacent to an activating group) is 1. The van der Waals surface area contributed by atoms with Gasteiger partial charge in [-0.05, 0) is 50.4 Å². The van der Waals surface area contributed by atoms with Gasteiger partial charge in [0.2, 0.25) is 5.91 Å². The Labute approximate surface area is 161 Å². The second kappa shape index (κ2) is 8.83. The maximum absolute atomic E-state index is 13.3. The lowest BCUT2D eigenvalue weighted by Gasteiger charge is -2.37. The highest BCUT2D eigenvalue weighted by Gasteiger charge is 2.39. The topological polar surface area (TPSA) is 32.3 Å². The van der Waals surface area contributed by atoms with E-state index in [1.54, 1.807) is 11.3 Å². The molecule has 3 nitrogen and oxygen atoms in total. The zero-order valence-corrected chi connectivity index (χ0v) is 16.7. The Morgan fingerprint density at radius 3 is 2.46 bits per heavy atom. The van der Waals surface area contributed by atoms with Gasteiger partial charge in [-0.25, -0.2) is 0 Å². The Balaban J connectivity index is 1.71. The third-order valence-corrected chi connectivity index (χ3v) is 6.60. The van der Waals surface area contributed by atoms with Gasteiger partial charge in [0.1, 0.15) is 0 Å². The van der Waals surface area contributed by atoms with Crippen LogP contribution in [0.3, 0.4) is 0 Å². The molecule has 1 fully saturated rings. The second-order valence-electron chi connectivity index (χ2n) is 7.71. The first-order valence-corrected chi connectivity index (χ1v) is 10.5. The summed E-state index contributed by atoms with van der Waals surface area (Å²) in [4.78, 5) is 16.8. The van der Waals surface area contributed by atoms with E-state index in [4.69, 9.17) is 0 Å². The standard InChI is InChI=1S/C22H30N2OS/c1-24(2)19(20-12-9-15-26-20)17-23-21(25)22(13-7-4-8-14-22)16-18-10-5-3-6-11-18/h3,5-6,9-12,15,19H,4,7-8,13-14,16-17H2,1-2H3,(H,23,25). The molecule has 1 unspecified atom stereocenters. The Morgan fingerprint density at radius 2 is 1.85 bits per heavy atom. The SMILES string of the molecule is CN(C)C(CNC(=O)C1(Cc2ccccc2)CCCCC1)c1cccs1. The van der Waals surface area contributed by atoms with Crippen molar-refractivity contribution >= 4 is 17.2 Å². The minimum Gasteiger partial charge on any atom is -0.354 e. The van der Waals surface area contributed by atoms with Crippen LogP contribution in [-0.2, 0) is 11.2 Å². The van der Waals surface area contributed by atoms with Crippen LogP contribution in [0.25, 0.3) is 0 Å². The Hall–Kier alpha value is -1.65. The maximum Gasteiger partial charge on any atom is 0.226 e. The largest absolute Gasteiger partial charge is 0.354 e. The van der Waals surface area contributed by atoms with Gasteiger partial charge < -0.3 is 10.2 Å². The molecule has 1 N–H and O–H groups in total. The summed E-state index contributed by atoms with van der Waals surface area (Å²) in [6.45, 7) is 0.670. The molecule has 1 saturated carbocycles. The second-order valence-corrected chi connectivity index (χ2v) is 8.69. The molecule has 26 heavy (non-hydrogen) atoms. The van der Waals surface area contributed by atoms with Crippen LogP contribution in [0.1, 0.15) is 48.6 Å². The summed E-state index contributed by atoms with van der Waals surface area (Å²) in [6.07, 6.45) is 6.41. The van der Waals surface area contributed by atoms with Crippen molar-refractivity contribution in [3.8, 4) is 0 Å². The van der Waals surface area contributed by atoms with Gasteiger partial charge in [-0.1, -0.05) is 55.7 Å². The first-order valence-electron chi connectivity index (χ1n) is 9.63. The van der Waals surface area contributed by atoms with Gasteiger partial charge in [0, 0.05) is 11.4 Å². The van der Waals surface area contributed by atoms with E-state index in [1.807, 2.05) is 6.07 Å². The number of hydrogen-bond donors (Lipinski definition) is 1. The molecule has 0 bridgehead atoms. The molecule has 0 spiro atoms. The van der Waals surface area contributed by atoms with Crippen molar-refractivity contribution in [1.29, 1.82) is 0 Å². The van der Waals surface area contributed by atoms with Gasteiger partial charge in [-0.2, -0.15) is 0 Å². The van der Waals surface area contributed by atoms with Gasteiger partial charge in [0.25, 0.3) is 0 Å². The van der Waals surface area contributed by atoms with E-state index in [9.17, 15) is 4.79 Å². The van der Waals surface area contributed by atoms with Crippen molar-refractivity contribution in [2.24, 2.45) is 5.41 Å². The van der Waals surface area contributed by atoms with Crippen LogP contribution < -0.4 is 5.32 Å². The zero-order chi connectivity index (χ0) is 18.4. The normalized spacial score (nSPS) is 17.8. The lowest BCUT2D eigenvalue weighted by molar-refractivity contribution is -0.133. The Bertz CT molecular complexity index is 675. The van der Waals surface area contributed by atoms with Gasteiger partial charge >= 0.3 is 0 Å². The van der Waals surface area contributed by atoms with E-state index in [0.717, 1.165) is 32.1 Å². The number of benzene rings is 1. The van der Waals surface area contributed by atoms with Crippen LogP contribution in [-0.4, -0.2) is 31.4 Å². The molecule has 4 heteroatoms. The molecule has 1 heterocycles. The summed E-state index contributed by atoms with van der Waals surface area (Å²) in [5.74, 6) is 0.240. The van der Waals surface area contributed by atoms with Gasteiger partial charge in [0.15, 0.2) is 0 Å². The molecule has 140 valence electrons. The number of carbonyl (C=O) groups excluding carboxylic acids is 1. The number of thiophene rings is 1. The lowest BCUT2D eigenvalue weighted by Crippen LogP contribution is -2.46. The fraction of sp³-hybridized carbons (Fsp3) is 0.500. The summed E-state index contributed by atoms with van der Waals surface area (Å²) >= 11 is 1.76. The average molecular weight is 371 g/mol. The Kier molecular flexibility index (Phi) is 6.49. The van der Waals surface area contributed by atoms with Crippen molar-refractivity contribution in [3.63, 3.8) is 0 Å². The van der Waals surface area contributed by atoms with Gasteiger partial charge in [0.05, 0.1) is 11.5 Å². The fourth-order valence-electron chi connectivity index (χ4n) is 4.09. The molecule has 3 rings (SSSR count). The monoisotopic (exact) mass is 370 g/mol. The van der Waals surface area contributed by atoms with E-state index in [1.165, 1.54) is 16.9 Å². The third kappa shape index (κ3) is 4.54. The van der Waals surface area contributed by atoms with Crippen LogP contribution >= 0.6 is 11.3 Å². The van der Waals surface area contributed by atoms with Crippen LogP contribution in [0, 0.1) is 5.41 Å². The molecule has 1 aliphatic rings. The summed E-state index contributed by atoms with van der Waals surface area (Å²) in [5, 5.41) is 5.41. The third-order valence-electron chi connectivity index (χ3n) is 5.63. The molecule has 0 radical (unpaired) electrons. The van der Waals surface area contributed by atoms with Gasteiger partial charge in [-0.15, -0.1) is 11.3 Å². The molecule has 1 atom stereocenters. The fourth-order valence-corrected chi connectivity index (χ4v) is 5.02. The molecule has 0 aliphatic heterocycles. The number of nitrogens with zero attached hydrogens (tertiary/aromatic N) is 1. The number of rotatable bonds is 7. The van der Waals surface area contributed by atoms with E-state index in [2.05, 4.69) is 66.1 Å². The van der Waals surface area contributed by atoms with Crippen LogP contribution in [0.15, 0.2) is 47.8 Å². The number of amides is 1. The van der Waals surface area contributed by atoms with Gasteiger partial charge in [-0.3, -0.25) is 4.79 Å². The molecular weight excluding hydrogens is 340 g/mol. The summed E-state index contributed by atoms with van der Waals surface area (Å²) in [7, 11) is 4.16.